The van der Waals surface area contributed by atoms with Gasteiger partial charge in [-0.2, -0.15) is 0 Å². The zero-order valence-corrected chi connectivity index (χ0v) is 17.4. The number of hydrogen-bond acceptors (Lipinski definition) is 6. The second-order valence-corrected chi connectivity index (χ2v) is 7.63. The smallest absolute Gasteiger partial charge is 0.358 e. The third-order valence-electron chi connectivity index (χ3n) is 4.06. The van der Waals surface area contributed by atoms with Crippen molar-refractivity contribution in [1.82, 2.24) is 9.88 Å². The van der Waals surface area contributed by atoms with Crippen molar-refractivity contribution < 1.29 is 14.3 Å². The minimum Gasteiger partial charge on any atom is -0.451 e. The van der Waals surface area contributed by atoms with Crippen LogP contribution in [0.3, 0.4) is 0 Å². The van der Waals surface area contributed by atoms with Crippen molar-refractivity contribution in [2.75, 3.05) is 19.0 Å². The lowest BCUT2D eigenvalue weighted by Gasteiger charge is -2.17. The third-order valence-corrected chi connectivity index (χ3v) is 5.10. The molecule has 3 rings (SSSR count). The van der Waals surface area contributed by atoms with Gasteiger partial charge in [0, 0.05) is 30.5 Å². The highest BCUT2D eigenvalue weighted by Gasteiger charge is 2.16. The molecule has 1 aromatic heterocycles. The van der Waals surface area contributed by atoms with Gasteiger partial charge in [-0.25, -0.2) is 9.78 Å². The highest BCUT2D eigenvalue weighted by atomic mass is 35.5. The summed E-state index contributed by atoms with van der Waals surface area (Å²) >= 11 is 7.26. The van der Waals surface area contributed by atoms with Crippen molar-refractivity contribution in [1.29, 1.82) is 0 Å². The number of ether oxygens (including phenoxy) is 1. The molecule has 0 radical (unpaired) electrons. The van der Waals surface area contributed by atoms with Crippen molar-refractivity contribution in [3.8, 4) is 0 Å². The van der Waals surface area contributed by atoms with Crippen molar-refractivity contribution >= 4 is 39.9 Å². The normalized spacial score (nSPS) is 10.4. The molecule has 0 aliphatic rings. The number of benzene rings is 2. The first-order valence-electron chi connectivity index (χ1n) is 8.90. The zero-order valence-electron chi connectivity index (χ0n) is 15.8. The average Bonchev–Trinajstić information content (AvgIpc) is 3.20. The molecule has 29 heavy (non-hydrogen) atoms. The standard InChI is InChI=1S/C21H20ClN3O3S/c1-25(12-16-8-5-9-17(22)10-16)19(26)13-28-20(27)18-14-29-21(24-18)23-11-15-6-3-2-4-7-15/h2-10,14H,11-13H2,1H3,(H,23,24). The topological polar surface area (TPSA) is 71.5 Å². The van der Waals surface area contributed by atoms with Gasteiger partial charge in [-0.05, 0) is 23.3 Å². The molecule has 0 spiro atoms. The molecule has 0 unspecified atom stereocenters. The fourth-order valence-corrected chi connectivity index (χ4v) is 3.42. The number of carbonyl (C=O) groups excluding carboxylic acids is 2. The molecular weight excluding hydrogens is 410 g/mol. The van der Waals surface area contributed by atoms with Gasteiger partial charge in [-0.3, -0.25) is 4.79 Å². The van der Waals surface area contributed by atoms with Crippen LogP contribution in [-0.2, 0) is 22.6 Å². The fraction of sp³-hybridized carbons (Fsp3) is 0.190. The fourth-order valence-electron chi connectivity index (χ4n) is 2.53. The van der Waals surface area contributed by atoms with Crippen LogP contribution in [0.2, 0.25) is 5.02 Å². The van der Waals surface area contributed by atoms with E-state index in [0.29, 0.717) is 23.2 Å². The minimum atomic E-state index is -0.626. The first-order valence-corrected chi connectivity index (χ1v) is 10.2. The summed E-state index contributed by atoms with van der Waals surface area (Å²) in [5.41, 5.74) is 2.18. The first-order chi connectivity index (χ1) is 14.0. The molecule has 1 amide bonds. The van der Waals surface area contributed by atoms with Gasteiger partial charge >= 0.3 is 5.97 Å². The lowest BCUT2D eigenvalue weighted by molar-refractivity contribution is -0.133. The van der Waals surface area contributed by atoms with Crippen LogP contribution in [0.5, 0.6) is 0 Å². The number of esters is 1. The summed E-state index contributed by atoms with van der Waals surface area (Å²) < 4.78 is 5.11. The summed E-state index contributed by atoms with van der Waals surface area (Å²) in [5.74, 6) is -0.936. The number of thiazole rings is 1. The Morgan fingerprint density at radius 1 is 1.14 bits per heavy atom. The molecule has 8 heteroatoms. The molecule has 0 fully saturated rings. The van der Waals surface area contributed by atoms with E-state index in [2.05, 4.69) is 10.3 Å². The summed E-state index contributed by atoms with van der Waals surface area (Å²) in [6, 6.07) is 17.1. The Kier molecular flexibility index (Phi) is 7.21. The van der Waals surface area contributed by atoms with Crippen molar-refractivity contribution in [2.24, 2.45) is 0 Å². The number of nitrogens with zero attached hydrogens (tertiary/aromatic N) is 2. The van der Waals surface area contributed by atoms with Crippen LogP contribution in [0, 0.1) is 0 Å². The Bertz CT molecular complexity index is 978. The van der Waals surface area contributed by atoms with Gasteiger partial charge in [0.05, 0.1) is 0 Å². The molecule has 0 aliphatic carbocycles. The Hall–Kier alpha value is -2.90. The highest BCUT2D eigenvalue weighted by molar-refractivity contribution is 7.13. The molecular formula is C21H20ClN3O3S. The number of nitrogens with one attached hydrogen (secondary N) is 1. The average molecular weight is 430 g/mol. The van der Waals surface area contributed by atoms with E-state index in [4.69, 9.17) is 16.3 Å². The second kappa shape index (κ2) is 10.0. The van der Waals surface area contributed by atoms with Gasteiger partial charge in [-0.1, -0.05) is 54.1 Å². The van der Waals surface area contributed by atoms with Crippen LogP contribution in [-0.4, -0.2) is 35.4 Å². The van der Waals surface area contributed by atoms with E-state index < -0.39 is 5.97 Å². The van der Waals surface area contributed by atoms with Crippen LogP contribution in [0.15, 0.2) is 60.0 Å². The van der Waals surface area contributed by atoms with E-state index in [9.17, 15) is 9.59 Å². The summed E-state index contributed by atoms with van der Waals surface area (Å²) in [6.07, 6.45) is 0. The first kappa shape index (κ1) is 20.8. The molecule has 0 aliphatic heterocycles. The summed E-state index contributed by atoms with van der Waals surface area (Å²) in [5, 5.41) is 5.99. The van der Waals surface area contributed by atoms with Gasteiger partial charge in [0.15, 0.2) is 17.4 Å². The predicted octanol–water partition coefficient (Wildman–Crippen LogP) is 4.22. The maximum Gasteiger partial charge on any atom is 0.358 e. The number of halogens is 1. The molecule has 6 nitrogen and oxygen atoms in total. The molecule has 0 saturated carbocycles. The molecule has 1 N–H and O–H groups in total. The van der Waals surface area contributed by atoms with Gasteiger partial charge in [0.2, 0.25) is 0 Å². The van der Waals surface area contributed by atoms with E-state index in [0.717, 1.165) is 11.1 Å². The van der Waals surface area contributed by atoms with E-state index in [1.807, 2.05) is 42.5 Å². The maximum absolute atomic E-state index is 12.2. The van der Waals surface area contributed by atoms with Gasteiger partial charge < -0.3 is 15.0 Å². The summed E-state index contributed by atoms with van der Waals surface area (Å²) in [7, 11) is 1.64. The third kappa shape index (κ3) is 6.30. The second-order valence-electron chi connectivity index (χ2n) is 6.33. The lowest BCUT2D eigenvalue weighted by Crippen LogP contribution is -2.30. The number of rotatable bonds is 8. The van der Waals surface area contributed by atoms with E-state index in [1.54, 1.807) is 24.6 Å². The van der Waals surface area contributed by atoms with Crippen LogP contribution in [0.25, 0.3) is 0 Å². The van der Waals surface area contributed by atoms with Gasteiger partial charge in [0.25, 0.3) is 5.91 Å². The predicted molar refractivity (Wildman–Crippen MR) is 114 cm³/mol. The zero-order chi connectivity index (χ0) is 20.6. The van der Waals surface area contributed by atoms with Gasteiger partial charge in [-0.15, -0.1) is 11.3 Å². The Morgan fingerprint density at radius 2 is 1.90 bits per heavy atom. The molecule has 1 heterocycles. The molecule has 3 aromatic rings. The molecule has 2 aromatic carbocycles. The van der Waals surface area contributed by atoms with Crippen LogP contribution in [0.4, 0.5) is 5.13 Å². The Balaban J connectivity index is 1.46. The summed E-state index contributed by atoms with van der Waals surface area (Å²) in [4.78, 5) is 30.1. The molecule has 0 atom stereocenters. The molecule has 0 saturated heterocycles. The van der Waals surface area contributed by atoms with Crippen molar-refractivity contribution in [2.45, 2.75) is 13.1 Å². The monoisotopic (exact) mass is 429 g/mol. The van der Waals surface area contributed by atoms with Crippen molar-refractivity contribution in [3.05, 3.63) is 81.8 Å². The minimum absolute atomic E-state index is 0.177. The number of carbonyl (C=O) groups is 2. The van der Waals surface area contributed by atoms with E-state index >= 15 is 0 Å². The number of anilines is 1. The molecule has 150 valence electrons. The Morgan fingerprint density at radius 3 is 2.66 bits per heavy atom. The van der Waals surface area contributed by atoms with E-state index in [1.165, 1.54) is 16.2 Å². The van der Waals surface area contributed by atoms with Crippen LogP contribution >= 0.6 is 22.9 Å². The van der Waals surface area contributed by atoms with Crippen molar-refractivity contribution in [3.63, 3.8) is 0 Å². The largest absolute Gasteiger partial charge is 0.451 e. The highest BCUT2D eigenvalue weighted by Crippen LogP contribution is 2.17. The number of amides is 1. The number of hydrogen-bond donors (Lipinski definition) is 1. The maximum atomic E-state index is 12.2. The lowest BCUT2D eigenvalue weighted by atomic mass is 10.2. The molecule has 0 bridgehead atoms. The van der Waals surface area contributed by atoms with Gasteiger partial charge in [0.1, 0.15) is 0 Å². The SMILES string of the molecule is CN(Cc1cccc(Cl)c1)C(=O)COC(=O)c1csc(NCc2ccccc2)n1. The quantitative estimate of drug-likeness (QED) is 0.543. The van der Waals surface area contributed by atoms with E-state index in [-0.39, 0.29) is 18.2 Å². The van der Waals surface area contributed by atoms with Crippen LogP contribution in [0.1, 0.15) is 21.6 Å². The van der Waals surface area contributed by atoms with Crippen LogP contribution < -0.4 is 5.32 Å². The Labute approximate surface area is 178 Å². The number of likely N-dealkylation sites (N-methyl/N-ethyl adjacent to an activating group) is 1. The summed E-state index contributed by atoms with van der Waals surface area (Å²) in [6.45, 7) is 0.636. The number of aromatic nitrogens is 1.